The Balaban J connectivity index is 1.46. The molecule has 0 fully saturated rings. The van der Waals surface area contributed by atoms with Crippen molar-refractivity contribution in [1.29, 1.82) is 0 Å². The van der Waals surface area contributed by atoms with Crippen LogP contribution in [0.3, 0.4) is 0 Å². The van der Waals surface area contributed by atoms with Gasteiger partial charge in [0.15, 0.2) is 6.73 Å². The summed E-state index contributed by atoms with van der Waals surface area (Å²) in [6.45, 7) is -0.556. The number of carbonyl (C=O) groups excluding carboxylic acids is 1. The molecule has 12 heteroatoms. The van der Waals surface area contributed by atoms with E-state index < -0.39 is 24.7 Å². The highest BCUT2D eigenvalue weighted by Gasteiger charge is 2.27. The van der Waals surface area contributed by atoms with Crippen LogP contribution >= 0.6 is 12.8 Å². The van der Waals surface area contributed by atoms with Gasteiger partial charge in [-0.25, -0.2) is 22.5 Å². The lowest BCUT2D eigenvalue weighted by Crippen LogP contribution is -2.20. The number of hydrogen-bond donors (Lipinski definition) is 2. The monoisotopic (exact) mass is 618 g/mol. The summed E-state index contributed by atoms with van der Waals surface area (Å²) in [5.74, 6) is -0.657. The molecular formula is C32H22F4N4O3S. The van der Waals surface area contributed by atoms with Gasteiger partial charge in [0.2, 0.25) is 0 Å². The van der Waals surface area contributed by atoms with Crippen molar-refractivity contribution >= 4 is 46.3 Å². The number of aromatic nitrogens is 2. The second kappa shape index (κ2) is 10.6. The van der Waals surface area contributed by atoms with Crippen molar-refractivity contribution in [3.8, 4) is 39.7 Å². The summed E-state index contributed by atoms with van der Waals surface area (Å²) in [7, 11) is 1.47. The van der Waals surface area contributed by atoms with Crippen molar-refractivity contribution in [2.45, 2.75) is 13.2 Å². The SMILES string of the molecule is CNC(=O)c1c(-c2ccc(F)cc2)oc2cc(N(S)CC(F)F)c(-c3ccc4c(n3)-c3cc5c(F)cccc5n3CO4)cc12. The average Bonchev–Trinajstić information content (AvgIpc) is 3.59. The van der Waals surface area contributed by atoms with Crippen LogP contribution in [0.2, 0.25) is 0 Å². The zero-order valence-corrected chi connectivity index (χ0v) is 23.8. The van der Waals surface area contributed by atoms with Gasteiger partial charge in [-0.15, -0.1) is 0 Å². The van der Waals surface area contributed by atoms with Crippen molar-refractivity contribution < 1.29 is 31.5 Å². The minimum atomic E-state index is -2.71. The fourth-order valence-electron chi connectivity index (χ4n) is 5.55. The molecule has 0 atom stereocenters. The van der Waals surface area contributed by atoms with E-state index in [-0.39, 0.29) is 35.1 Å². The van der Waals surface area contributed by atoms with E-state index >= 15 is 0 Å². The summed E-state index contributed by atoms with van der Waals surface area (Å²) in [5, 5.41) is 3.40. The van der Waals surface area contributed by atoms with Crippen LogP contribution in [0, 0.1) is 11.6 Å². The molecule has 1 N–H and O–H groups in total. The van der Waals surface area contributed by atoms with E-state index in [1.165, 1.54) is 43.4 Å². The quantitative estimate of drug-likeness (QED) is 0.148. The molecule has 44 heavy (non-hydrogen) atoms. The molecule has 0 unspecified atom stereocenters. The molecular weight excluding hydrogens is 596 g/mol. The number of nitrogens with zero attached hydrogens (tertiary/aromatic N) is 3. The Kier molecular flexibility index (Phi) is 6.73. The van der Waals surface area contributed by atoms with Crippen molar-refractivity contribution in [1.82, 2.24) is 14.9 Å². The Bertz CT molecular complexity index is 2090. The Morgan fingerprint density at radius 2 is 1.86 bits per heavy atom. The molecule has 3 aromatic heterocycles. The van der Waals surface area contributed by atoms with Crippen LogP contribution < -0.4 is 14.4 Å². The molecule has 7 rings (SSSR count). The second-order valence-corrected chi connectivity index (χ2v) is 10.7. The molecule has 1 amide bonds. The van der Waals surface area contributed by atoms with Gasteiger partial charge in [0.05, 0.1) is 34.7 Å². The van der Waals surface area contributed by atoms with Gasteiger partial charge in [0, 0.05) is 35.0 Å². The molecule has 0 bridgehead atoms. The zero-order chi connectivity index (χ0) is 30.7. The van der Waals surface area contributed by atoms with Crippen molar-refractivity contribution in [2.75, 3.05) is 17.9 Å². The first kappa shape index (κ1) is 27.8. The fraction of sp³-hybridized carbons (Fsp3) is 0.125. The Labute approximate surface area is 253 Å². The van der Waals surface area contributed by atoms with Crippen molar-refractivity contribution in [3.05, 3.63) is 90.0 Å². The van der Waals surface area contributed by atoms with E-state index in [0.29, 0.717) is 50.2 Å². The molecule has 3 aromatic carbocycles. The van der Waals surface area contributed by atoms with Gasteiger partial charge in [-0.3, -0.25) is 4.79 Å². The Morgan fingerprint density at radius 3 is 2.61 bits per heavy atom. The number of anilines is 1. The van der Waals surface area contributed by atoms with Crippen LogP contribution in [0.15, 0.2) is 77.2 Å². The Hall–Kier alpha value is -4.97. The van der Waals surface area contributed by atoms with E-state index in [4.69, 9.17) is 14.1 Å². The first-order valence-corrected chi connectivity index (χ1v) is 13.9. The molecule has 0 radical (unpaired) electrons. The van der Waals surface area contributed by atoms with Crippen LogP contribution in [0.5, 0.6) is 5.75 Å². The van der Waals surface area contributed by atoms with Crippen molar-refractivity contribution in [2.24, 2.45) is 0 Å². The van der Waals surface area contributed by atoms with E-state index in [2.05, 4.69) is 18.1 Å². The minimum Gasteiger partial charge on any atom is -0.470 e. The molecule has 1 aliphatic heterocycles. The van der Waals surface area contributed by atoms with Crippen LogP contribution in [0.25, 0.3) is 55.8 Å². The van der Waals surface area contributed by atoms with Crippen molar-refractivity contribution in [3.63, 3.8) is 0 Å². The van der Waals surface area contributed by atoms with Crippen LogP contribution in [0.4, 0.5) is 23.2 Å². The number of alkyl halides is 2. The number of halogens is 4. The normalized spacial score (nSPS) is 12.3. The number of amides is 1. The lowest BCUT2D eigenvalue weighted by molar-refractivity contribution is 0.0964. The summed E-state index contributed by atoms with van der Waals surface area (Å²) in [6, 6.07) is 18.5. The first-order chi connectivity index (χ1) is 21.2. The second-order valence-electron chi connectivity index (χ2n) is 10.2. The number of hydrogen-bond acceptors (Lipinski definition) is 6. The summed E-state index contributed by atoms with van der Waals surface area (Å²) in [6.07, 6.45) is -2.71. The molecule has 0 spiro atoms. The third-order valence-electron chi connectivity index (χ3n) is 7.57. The van der Waals surface area contributed by atoms with Gasteiger partial charge in [0.25, 0.3) is 12.3 Å². The van der Waals surface area contributed by atoms with Gasteiger partial charge in [-0.05, 0) is 60.7 Å². The number of thiol groups is 1. The molecule has 1 aliphatic rings. The number of fused-ring (bicyclic) bond motifs is 6. The van der Waals surface area contributed by atoms with Gasteiger partial charge in [0.1, 0.15) is 34.4 Å². The topological polar surface area (TPSA) is 72.5 Å². The lowest BCUT2D eigenvalue weighted by atomic mass is 10.00. The lowest BCUT2D eigenvalue weighted by Gasteiger charge is -2.23. The Morgan fingerprint density at radius 1 is 1.07 bits per heavy atom. The molecule has 0 saturated heterocycles. The number of benzene rings is 3. The predicted octanol–water partition coefficient (Wildman–Crippen LogP) is 7.69. The highest BCUT2D eigenvalue weighted by Crippen LogP contribution is 2.44. The summed E-state index contributed by atoms with van der Waals surface area (Å²) in [4.78, 5) is 18.0. The van der Waals surface area contributed by atoms with Gasteiger partial charge >= 0.3 is 0 Å². The number of pyridine rings is 1. The maximum atomic E-state index is 14.7. The van der Waals surface area contributed by atoms with Gasteiger partial charge < -0.3 is 23.3 Å². The molecule has 7 nitrogen and oxygen atoms in total. The van der Waals surface area contributed by atoms with Crippen LogP contribution in [-0.4, -0.2) is 35.5 Å². The fourth-order valence-corrected chi connectivity index (χ4v) is 5.84. The van der Waals surface area contributed by atoms with Gasteiger partial charge in [-0.1, -0.05) is 18.9 Å². The standard InChI is InChI=1S/C32H22F4N4O3S/c1-37-32(41)29-20-11-19(24(40(44)14-28(35)36)13-27(20)43-31(29)16-5-7-17(33)8-6-16)22-9-10-26-30(38-22)25-12-18-21(34)3-2-4-23(18)39(25)15-42-26/h2-13,28,44H,14-15H2,1H3,(H,37,41). The molecule has 0 saturated carbocycles. The number of carbonyl (C=O) groups is 1. The van der Waals surface area contributed by atoms with E-state index in [0.717, 1.165) is 4.31 Å². The highest BCUT2D eigenvalue weighted by atomic mass is 32.1. The summed E-state index contributed by atoms with van der Waals surface area (Å²) >= 11 is 4.36. The van der Waals surface area contributed by atoms with Gasteiger partial charge in [-0.2, -0.15) is 0 Å². The van der Waals surface area contributed by atoms with Crippen LogP contribution in [-0.2, 0) is 6.73 Å². The van der Waals surface area contributed by atoms with E-state index in [9.17, 15) is 22.4 Å². The maximum Gasteiger partial charge on any atom is 0.256 e. The van der Waals surface area contributed by atoms with E-state index in [1.807, 2.05) is 0 Å². The molecule has 0 aliphatic carbocycles. The minimum absolute atomic E-state index is 0.156. The third-order valence-corrected chi connectivity index (χ3v) is 7.95. The zero-order valence-electron chi connectivity index (χ0n) is 22.9. The predicted molar refractivity (Wildman–Crippen MR) is 162 cm³/mol. The number of nitrogens with one attached hydrogen (secondary N) is 1. The van der Waals surface area contributed by atoms with Crippen LogP contribution in [0.1, 0.15) is 10.4 Å². The largest absolute Gasteiger partial charge is 0.470 e. The average molecular weight is 619 g/mol. The summed E-state index contributed by atoms with van der Waals surface area (Å²) < 4.78 is 70.4. The molecule has 222 valence electrons. The molecule has 4 heterocycles. The first-order valence-electron chi connectivity index (χ1n) is 13.5. The molecule has 6 aromatic rings. The smallest absolute Gasteiger partial charge is 0.256 e. The number of rotatable bonds is 6. The third kappa shape index (κ3) is 4.53. The number of ether oxygens (including phenoxy) is 1. The number of furan rings is 1. The highest BCUT2D eigenvalue weighted by molar-refractivity contribution is 7.81. The summed E-state index contributed by atoms with van der Waals surface area (Å²) in [5.41, 5.74) is 3.55. The van der Waals surface area contributed by atoms with E-state index in [1.54, 1.807) is 41.0 Å². The maximum absolute atomic E-state index is 14.7.